The molecule has 1 rings (SSSR count). The van der Waals surface area contributed by atoms with Gasteiger partial charge in [0.25, 0.3) is 0 Å². The van der Waals surface area contributed by atoms with Gasteiger partial charge in [0.05, 0.1) is 6.61 Å². The molecule has 0 radical (unpaired) electrons. The van der Waals surface area contributed by atoms with Crippen molar-refractivity contribution in [2.45, 2.75) is 39.2 Å². The minimum absolute atomic E-state index is 0.100. The van der Waals surface area contributed by atoms with Gasteiger partial charge in [0, 0.05) is 18.9 Å². The van der Waals surface area contributed by atoms with E-state index in [1.165, 1.54) is 5.56 Å². The molecule has 0 aliphatic heterocycles. The molecule has 18 heavy (non-hydrogen) atoms. The number of esters is 1. The van der Waals surface area contributed by atoms with E-state index in [9.17, 15) is 4.79 Å². The smallest absolute Gasteiger partial charge is 0.305 e. The molecule has 0 saturated heterocycles. The van der Waals surface area contributed by atoms with Crippen LogP contribution in [0.15, 0.2) is 30.3 Å². The average Bonchev–Trinajstić information content (AvgIpc) is 2.36. The molecule has 0 fully saturated rings. The second kappa shape index (κ2) is 8.70. The van der Waals surface area contributed by atoms with Crippen molar-refractivity contribution in [3.63, 3.8) is 0 Å². The second-order valence-electron chi connectivity index (χ2n) is 4.67. The van der Waals surface area contributed by atoms with Gasteiger partial charge in [-0.05, 0) is 18.5 Å². The third-order valence-electron chi connectivity index (χ3n) is 2.61. The number of nitrogens with one attached hydrogen (secondary N) is 1. The summed E-state index contributed by atoms with van der Waals surface area (Å²) < 4.78 is 5.19. The molecular weight excluding hydrogens is 226 g/mol. The lowest BCUT2D eigenvalue weighted by Crippen LogP contribution is -2.24. The first-order chi connectivity index (χ1) is 8.68. The highest BCUT2D eigenvalue weighted by atomic mass is 16.5. The van der Waals surface area contributed by atoms with E-state index in [2.05, 4.69) is 19.2 Å². The van der Waals surface area contributed by atoms with Crippen LogP contribution in [0.2, 0.25) is 0 Å². The van der Waals surface area contributed by atoms with E-state index in [4.69, 9.17) is 4.74 Å². The number of carbonyl (C=O) groups is 1. The SMILES string of the molecule is CC(C)NCCCC(=O)OCCc1ccccc1. The van der Waals surface area contributed by atoms with Gasteiger partial charge in [0.15, 0.2) is 0 Å². The molecule has 0 amide bonds. The quantitative estimate of drug-likeness (QED) is 0.568. The van der Waals surface area contributed by atoms with E-state index >= 15 is 0 Å². The Hall–Kier alpha value is -1.35. The van der Waals surface area contributed by atoms with Gasteiger partial charge in [-0.1, -0.05) is 44.2 Å². The van der Waals surface area contributed by atoms with Gasteiger partial charge in [-0.15, -0.1) is 0 Å². The van der Waals surface area contributed by atoms with Gasteiger partial charge in [-0.25, -0.2) is 0 Å². The first-order valence-electron chi connectivity index (χ1n) is 6.61. The fourth-order valence-electron chi connectivity index (χ4n) is 1.62. The maximum Gasteiger partial charge on any atom is 0.305 e. The maximum absolute atomic E-state index is 11.4. The molecule has 0 aromatic heterocycles. The Balaban J connectivity index is 2.03. The topological polar surface area (TPSA) is 38.3 Å². The van der Waals surface area contributed by atoms with Crippen molar-refractivity contribution in [2.75, 3.05) is 13.2 Å². The number of carbonyl (C=O) groups excluding carboxylic acids is 1. The minimum Gasteiger partial charge on any atom is -0.465 e. The van der Waals surface area contributed by atoms with Crippen LogP contribution >= 0.6 is 0 Å². The highest BCUT2D eigenvalue weighted by Gasteiger charge is 2.02. The molecule has 0 atom stereocenters. The summed E-state index contributed by atoms with van der Waals surface area (Å²) in [7, 11) is 0. The summed E-state index contributed by atoms with van der Waals surface area (Å²) in [6.45, 7) is 5.53. The standard InChI is InChI=1S/C15H23NO2/c1-13(2)16-11-6-9-15(17)18-12-10-14-7-4-3-5-8-14/h3-5,7-8,13,16H,6,9-12H2,1-2H3. The van der Waals surface area contributed by atoms with Crippen LogP contribution in [0.5, 0.6) is 0 Å². The maximum atomic E-state index is 11.4. The Labute approximate surface area is 110 Å². The molecule has 0 saturated carbocycles. The largest absolute Gasteiger partial charge is 0.465 e. The lowest BCUT2D eigenvalue weighted by atomic mass is 10.2. The minimum atomic E-state index is -0.100. The summed E-state index contributed by atoms with van der Waals surface area (Å²) in [6, 6.07) is 10.5. The molecule has 1 aromatic rings. The van der Waals surface area contributed by atoms with Crippen molar-refractivity contribution in [1.82, 2.24) is 5.32 Å². The monoisotopic (exact) mass is 249 g/mol. The highest BCUT2D eigenvalue weighted by molar-refractivity contribution is 5.69. The molecule has 0 unspecified atom stereocenters. The molecule has 0 heterocycles. The number of hydrogen-bond donors (Lipinski definition) is 1. The van der Waals surface area contributed by atoms with Gasteiger partial charge in [-0.3, -0.25) is 4.79 Å². The third kappa shape index (κ3) is 7.07. The van der Waals surface area contributed by atoms with Gasteiger partial charge in [-0.2, -0.15) is 0 Å². The van der Waals surface area contributed by atoms with Crippen molar-refractivity contribution in [3.05, 3.63) is 35.9 Å². The summed E-state index contributed by atoms with van der Waals surface area (Å²) in [4.78, 5) is 11.4. The van der Waals surface area contributed by atoms with Gasteiger partial charge >= 0.3 is 5.97 Å². The van der Waals surface area contributed by atoms with Crippen molar-refractivity contribution >= 4 is 5.97 Å². The van der Waals surface area contributed by atoms with Gasteiger partial charge in [0.2, 0.25) is 0 Å². The Morgan fingerprint density at radius 1 is 1.28 bits per heavy atom. The fraction of sp³-hybridized carbons (Fsp3) is 0.533. The van der Waals surface area contributed by atoms with Crippen LogP contribution in [0, 0.1) is 0 Å². The van der Waals surface area contributed by atoms with Crippen molar-refractivity contribution in [1.29, 1.82) is 0 Å². The van der Waals surface area contributed by atoms with Crippen LogP contribution in [-0.2, 0) is 16.0 Å². The molecule has 0 bridgehead atoms. The molecule has 1 aromatic carbocycles. The van der Waals surface area contributed by atoms with E-state index in [-0.39, 0.29) is 5.97 Å². The highest BCUT2D eigenvalue weighted by Crippen LogP contribution is 2.00. The van der Waals surface area contributed by atoms with Gasteiger partial charge < -0.3 is 10.1 Å². The molecule has 3 heteroatoms. The van der Waals surface area contributed by atoms with E-state index < -0.39 is 0 Å². The van der Waals surface area contributed by atoms with Crippen molar-refractivity contribution in [3.8, 4) is 0 Å². The predicted octanol–water partition coefficient (Wildman–Crippen LogP) is 2.55. The first-order valence-corrected chi connectivity index (χ1v) is 6.61. The molecule has 0 aliphatic rings. The van der Waals surface area contributed by atoms with Gasteiger partial charge in [0.1, 0.15) is 0 Å². The number of benzene rings is 1. The first kappa shape index (κ1) is 14.7. The number of rotatable bonds is 8. The Bertz CT molecular complexity index is 336. The summed E-state index contributed by atoms with van der Waals surface area (Å²) >= 11 is 0. The lowest BCUT2D eigenvalue weighted by Gasteiger charge is -2.08. The van der Waals surface area contributed by atoms with E-state index in [0.717, 1.165) is 19.4 Å². The lowest BCUT2D eigenvalue weighted by molar-refractivity contribution is -0.143. The average molecular weight is 249 g/mol. The Morgan fingerprint density at radius 2 is 2.00 bits per heavy atom. The Morgan fingerprint density at radius 3 is 2.67 bits per heavy atom. The molecule has 0 aliphatic carbocycles. The summed E-state index contributed by atoms with van der Waals surface area (Å²) in [5.74, 6) is -0.100. The fourth-order valence-corrected chi connectivity index (χ4v) is 1.62. The van der Waals surface area contributed by atoms with E-state index in [1.807, 2.05) is 30.3 Å². The van der Waals surface area contributed by atoms with Crippen molar-refractivity contribution in [2.24, 2.45) is 0 Å². The van der Waals surface area contributed by atoms with Crippen LogP contribution < -0.4 is 5.32 Å². The zero-order valence-corrected chi connectivity index (χ0v) is 11.3. The zero-order chi connectivity index (χ0) is 13.2. The molecule has 0 spiro atoms. The van der Waals surface area contributed by atoms with Crippen LogP contribution in [0.1, 0.15) is 32.3 Å². The molecule has 3 nitrogen and oxygen atoms in total. The third-order valence-corrected chi connectivity index (χ3v) is 2.61. The molecular formula is C15H23NO2. The predicted molar refractivity (Wildman–Crippen MR) is 73.5 cm³/mol. The van der Waals surface area contributed by atoms with E-state index in [0.29, 0.717) is 19.1 Å². The van der Waals surface area contributed by atoms with Crippen LogP contribution in [-0.4, -0.2) is 25.2 Å². The molecule has 100 valence electrons. The second-order valence-corrected chi connectivity index (χ2v) is 4.67. The van der Waals surface area contributed by atoms with Crippen LogP contribution in [0.25, 0.3) is 0 Å². The number of ether oxygens (including phenoxy) is 1. The van der Waals surface area contributed by atoms with E-state index in [1.54, 1.807) is 0 Å². The zero-order valence-electron chi connectivity index (χ0n) is 11.3. The van der Waals surface area contributed by atoms with Crippen LogP contribution in [0.3, 0.4) is 0 Å². The number of hydrogen-bond acceptors (Lipinski definition) is 3. The Kier molecular flexibility index (Phi) is 7.11. The summed E-state index contributed by atoms with van der Waals surface area (Å²) in [5, 5.41) is 3.28. The normalized spacial score (nSPS) is 10.6. The summed E-state index contributed by atoms with van der Waals surface area (Å²) in [5.41, 5.74) is 1.20. The molecule has 1 N–H and O–H groups in total. The van der Waals surface area contributed by atoms with Crippen LogP contribution in [0.4, 0.5) is 0 Å². The van der Waals surface area contributed by atoms with Crippen molar-refractivity contribution < 1.29 is 9.53 Å². The summed E-state index contributed by atoms with van der Waals surface area (Å²) in [6.07, 6.45) is 2.12.